The summed E-state index contributed by atoms with van der Waals surface area (Å²) in [6.45, 7) is 3.74. The number of imidazole rings is 1. The van der Waals surface area contributed by atoms with Crippen LogP contribution in [0.25, 0.3) is 0 Å². The Morgan fingerprint density at radius 2 is 2.31 bits per heavy atom. The van der Waals surface area contributed by atoms with Crippen molar-refractivity contribution >= 4 is 6.03 Å². The van der Waals surface area contributed by atoms with Crippen LogP contribution in [0, 0.1) is 5.92 Å². The molecule has 0 N–H and O–H groups in total. The summed E-state index contributed by atoms with van der Waals surface area (Å²) >= 11 is 0. The third kappa shape index (κ3) is 2.26. The van der Waals surface area contributed by atoms with Gasteiger partial charge < -0.3 is 4.90 Å². The molecular weight excluding hydrogens is 202 g/mol. The predicted octanol–water partition coefficient (Wildman–Crippen LogP) is 1.40. The highest BCUT2D eigenvalue weighted by Crippen LogP contribution is 2.27. The average molecular weight is 222 g/mol. The van der Waals surface area contributed by atoms with Gasteiger partial charge >= 0.3 is 6.03 Å². The molecule has 0 aromatic carbocycles. The maximum atomic E-state index is 12.1. The third-order valence-corrected chi connectivity index (χ3v) is 3.35. The summed E-state index contributed by atoms with van der Waals surface area (Å²) in [4.78, 5) is 14.1. The van der Waals surface area contributed by atoms with Crippen molar-refractivity contribution in [3.8, 4) is 0 Å². The van der Waals surface area contributed by atoms with Crippen molar-refractivity contribution in [1.82, 2.24) is 9.47 Å². The molecule has 1 fully saturated rings. The van der Waals surface area contributed by atoms with Crippen LogP contribution in [0.2, 0.25) is 0 Å². The summed E-state index contributed by atoms with van der Waals surface area (Å²) in [5.41, 5.74) is 0. The van der Waals surface area contributed by atoms with E-state index < -0.39 is 0 Å². The van der Waals surface area contributed by atoms with Crippen LogP contribution in [0.4, 0.5) is 4.79 Å². The number of carbonyl (C=O) groups excluding carboxylic acids is 1. The molecule has 0 atom stereocenters. The molecular formula is C12H20N3O+. The molecule has 1 saturated carbocycles. The normalized spacial score (nSPS) is 15.9. The first-order chi connectivity index (χ1) is 7.70. The van der Waals surface area contributed by atoms with E-state index >= 15 is 0 Å². The van der Waals surface area contributed by atoms with Crippen LogP contribution in [0.15, 0.2) is 18.7 Å². The SMILES string of the molecule is CCN(CC1CCC1)C(=O)n1cc[n+](C)c1. The van der Waals surface area contributed by atoms with Crippen LogP contribution >= 0.6 is 0 Å². The van der Waals surface area contributed by atoms with Crippen LogP contribution < -0.4 is 4.57 Å². The van der Waals surface area contributed by atoms with Gasteiger partial charge in [0.1, 0.15) is 12.4 Å². The second kappa shape index (κ2) is 4.68. The number of nitrogens with zero attached hydrogens (tertiary/aromatic N) is 3. The smallest absolute Gasteiger partial charge is 0.304 e. The van der Waals surface area contributed by atoms with E-state index in [0.717, 1.165) is 19.0 Å². The number of carbonyl (C=O) groups is 1. The van der Waals surface area contributed by atoms with E-state index in [1.54, 1.807) is 4.57 Å². The maximum absolute atomic E-state index is 12.1. The second-order valence-electron chi connectivity index (χ2n) is 4.60. The number of aryl methyl sites for hydroxylation is 1. The zero-order valence-corrected chi connectivity index (χ0v) is 10.1. The van der Waals surface area contributed by atoms with E-state index in [-0.39, 0.29) is 6.03 Å². The molecule has 1 aromatic rings. The highest BCUT2D eigenvalue weighted by molar-refractivity contribution is 5.76. The molecule has 0 aliphatic heterocycles. The molecule has 1 aliphatic carbocycles. The van der Waals surface area contributed by atoms with Gasteiger partial charge in [-0.25, -0.2) is 9.36 Å². The van der Waals surface area contributed by atoms with E-state index in [0.29, 0.717) is 0 Å². The van der Waals surface area contributed by atoms with Gasteiger partial charge in [-0.15, -0.1) is 0 Å². The first kappa shape index (κ1) is 11.2. The summed E-state index contributed by atoms with van der Waals surface area (Å²) < 4.78 is 3.54. The summed E-state index contributed by atoms with van der Waals surface area (Å²) in [6.07, 6.45) is 9.40. The van der Waals surface area contributed by atoms with E-state index in [9.17, 15) is 4.79 Å². The van der Waals surface area contributed by atoms with Crippen molar-refractivity contribution in [2.24, 2.45) is 13.0 Å². The Hall–Kier alpha value is -1.32. The van der Waals surface area contributed by atoms with Gasteiger partial charge in [0.05, 0.1) is 7.05 Å². The fourth-order valence-electron chi connectivity index (χ4n) is 2.06. The van der Waals surface area contributed by atoms with Gasteiger partial charge in [0, 0.05) is 13.1 Å². The Morgan fingerprint density at radius 1 is 1.56 bits per heavy atom. The summed E-state index contributed by atoms with van der Waals surface area (Å²) in [7, 11) is 1.92. The zero-order valence-electron chi connectivity index (χ0n) is 10.1. The van der Waals surface area contributed by atoms with Crippen LogP contribution in [0.5, 0.6) is 0 Å². The van der Waals surface area contributed by atoms with Crippen LogP contribution in [0.3, 0.4) is 0 Å². The van der Waals surface area contributed by atoms with E-state index in [4.69, 9.17) is 0 Å². The van der Waals surface area contributed by atoms with Crippen molar-refractivity contribution < 1.29 is 9.36 Å². The molecule has 0 spiro atoms. The van der Waals surface area contributed by atoms with Crippen molar-refractivity contribution in [3.05, 3.63) is 18.7 Å². The molecule has 0 radical (unpaired) electrons. The van der Waals surface area contributed by atoms with E-state index in [1.165, 1.54) is 19.3 Å². The monoisotopic (exact) mass is 222 g/mol. The van der Waals surface area contributed by atoms with Crippen molar-refractivity contribution in [1.29, 1.82) is 0 Å². The number of aromatic nitrogens is 2. The molecule has 4 heteroatoms. The Morgan fingerprint density at radius 3 is 2.75 bits per heavy atom. The lowest BCUT2D eigenvalue weighted by Gasteiger charge is -2.30. The first-order valence-electron chi connectivity index (χ1n) is 6.03. The minimum absolute atomic E-state index is 0.0926. The van der Waals surface area contributed by atoms with Crippen LogP contribution in [0.1, 0.15) is 26.2 Å². The van der Waals surface area contributed by atoms with Crippen LogP contribution in [-0.2, 0) is 7.05 Å². The topological polar surface area (TPSA) is 29.1 Å². The first-order valence-corrected chi connectivity index (χ1v) is 6.03. The molecule has 2 rings (SSSR count). The quantitative estimate of drug-likeness (QED) is 0.711. The van der Waals surface area contributed by atoms with Crippen molar-refractivity contribution in [3.63, 3.8) is 0 Å². The van der Waals surface area contributed by atoms with E-state index in [1.807, 2.05) is 42.2 Å². The molecule has 88 valence electrons. The molecule has 0 saturated heterocycles. The lowest BCUT2D eigenvalue weighted by atomic mass is 9.85. The standard InChI is InChI=1S/C12H20N3O/c1-3-14(9-11-5-4-6-11)12(16)15-8-7-13(2)10-15/h7-8,10-11H,3-6,9H2,1-2H3/q+1. The fraction of sp³-hybridized carbons (Fsp3) is 0.667. The Balaban J connectivity index is 1.99. The number of amides is 1. The highest BCUT2D eigenvalue weighted by Gasteiger charge is 2.25. The number of hydrogen-bond acceptors (Lipinski definition) is 1. The number of rotatable bonds is 3. The molecule has 1 heterocycles. The van der Waals surface area contributed by atoms with Gasteiger partial charge in [0.2, 0.25) is 0 Å². The minimum Gasteiger partial charge on any atom is -0.304 e. The lowest BCUT2D eigenvalue weighted by molar-refractivity contribution is -0.670. The maximum Gasteiger partial charge on any atom is 0.415 e. The van der Waals surface area contributed by atoms with Crippen molar-refractivity contribution in [2.75, 3.05) is 13.1 Å². The molecule has 4 nitrogen and oxygen atoms in total. The number of hydrogen-bond donors (Lipinski definition) is 0. The van der Waals surface area contributed by atoms with Gasteiger partial charge in [-0.05, 0) is 25.7 Å². The van der Waals surface area contributed by atoms with E-state index in [2.05, 4.69) is 0 Å². The lowest BCUT2D eigenvalue weighted by Crippen LogP contribution is -2.40. The predicted molar refractivity (Wildman–Crippen MR) is 61.0 cm³/mol. The molecule has 0 unspecified atom stereocenters. The second-order valence-corrected chi connectivity index (χ2v) is 4.60. The third-order valence-electron chi connectivity index (χ3n) is 3.35. The van der Waals surface area contributed by atoms with Crippen molar-refractivity contribution in [2.45, 2.75) is 26.2 Å². The van der Waals surface area contributed by atoms with Gasteiger partial charge in [-0.3, -0.25) is 0 Å². The fourth-order valence-corrected chi connectivity index (χ4v) is 2.06. The highest BCUT2D eigenvalue weighted by atomic mass is 16.2. The summed E-state index contributed by atoms with van der Waals surface area (Å²) in [5, 5.41) is 0. The van der Waals surface area contributed by atoms with Crippen LogP contribution in [-0.4, -0.2) is 28.6 Å². The zero-order chi connectivity index (χ0) is 11.5. The largest absolute Gasteiger partial charge is 0.415 e. The molecule has 0 bridgehead atoms. The summed E-state index contributed by atoms with van der Waals surface area (Å²) in [6, 6.07) is 0.0926. The molecule has 1 amide bonds. The average Bonchev–Trinajstić information content (AvgIpc) is 2.63. The van der Waals surface area contributed by atoms with Gasteiger partial charge in [0.25, 0.3) is 6.33 Å². The summed E-state index contributed by atoms with van der Waals surface area (Å²) in [5.74, 6) is 0.730. The van der Waals surface area contributed by atoms with Gasteiger partial charge in [-0.2, -0.15) is 4.57 Å². The Bertz CT molecular complexity index is 368. The molecule has 1 aliphatic rings. The van der Waals surface area contributed by atoms with Gasteiger partial charge in [-0.1, -0.05) is 6.42 Å². The van der Waals surface area contributed by atoms with Gasteiger partial charge in [0.15, 0.2) is 0 Å². The Labute approximate surface area is 96.5 Å². The minimum atomic E-state index is 0.0926. The molecule has 1 aromatic heterocycles. The Kier molecular flexibility index (Phi) is 3.27. The molecule has 16 heavy (non-hydrogen) atoms.